The molecule has 0 aromatic carbocycles. The lowest BCUT2D eigenvalue weighted by molar-refractivity contribution is -0.137. The van der Waals surface area contributed by atoms with Crippen molar-refractivity contribution in [2.45, 2.75) is 6.54 Å². The standard InChI is InChI=1S/C7H5ClN4O2S/c8-4-1-2-15-6(4)7-9-10-11-12(7)3-5(13)14/h1-2H,3H2,(H,13,14). The molecule has 0 fully saturated rings. The zero-order valence-corrected chi connectivity index (χ0v) is 8.86. The second-order valence-electron chi connectivity index (χ2n) is 2.65. The molecule has 0 unspecified atom stereocenters. The highest BCUT2D eigenvalue weighted by atomic mass is 35.5. The summed E-state index contributed by atoms with van der Waals surface area (Å²) < 4.78 is 1.19. The second-order valence-corrected chi connectivity index (χ2v) is 3.97. The van der Waals surface area contributed by atoms with E-state index in [0.29, 0.717) is 15.7 Å². The van der Waals surface area contributed by atoms with E-state index in [2.05, 4.69) is 15.5 Å². The van der Waals surface area contributed by atoms with Gasteiger partial charge in [0.2, 0.25) is 0 Å². The fourth-order valence-electron chi connectivity index (χ4n) is 1.06. The first-order chi connectivity index (χ1) is 7.18. The molecular weight excluding hydrogens is 240 g/mol. The van der Waals surface area contributed by atoms with Crippen LogP contribution in [0.25, 0.3) is 10.7 Å². The Morgan fingerprint density at radius 1 is 1.67 bits per heavy atom. The topological polar surface area (TPSA) is 80.9 Å². The number of nitrogens with zero attached hydrogens (tertiary/aromatic N) is 4. The number of thiophene rings is 1. The Bertz CT molecular complexity index is 495. The molecule has 0 radical (unpaired) electrons. The summed E-state index contributed by atoms with van der Waals surface area (Å²) in [5, 5.41) is 21.7. The van der Waals surface area contributed by atoms with Crippen LogP contribution in [0.3, 0.4) is 0 Å². The van der Waals surface area contributed by atoms with Gasteiger partial charge in [-0.15, -0.1) is 16.4 Å². The quantitative estimate of drug-likeness (QED) is 0.876. The summed E-state index contributed by atoms with van der Waals surface area (Å²) in [5.74, 6) is -0.631. The molecule has 0 aliphatic heterocycles. The molecule has 0 aliphatic carbocycles. The van der Waals surface area contributed by atoms with Crippen LogP contribution in [0.15, 0.2) is 11.4 Å². The van der Waals surface area contributed by atoms with E-state index in [1.807, 2.05) is 0 Å². The summed E-state index contributed by atoms with van der Waals surface area (Å²) >= 11 is 7.25. The smallest absolute Gasteiger partial charge is 0.325 e. The van der Waals surface area contributed by atoms with E-state index in [9.17, 15) is 4.79 Å². The molecule has 0 aliphatic rings. The number of hydrogen-bond acceptors (Lipinski definition) is 5. The zero-order chi connectivity index (χ0) is 10.8. The van der Waals surface area contributed by atoms with Crippen LogP contribution in [0.2, 0.25) is 5.02 Å². The third-order valence-corrected chi connectivity index (χ3v) is 2.97. The highest BCUT2D eigenvalue weighted by Crippen LogP contribution is 2.31. The fourth-order valence-corrected chi connectivity index (χ4v) is 2.18. The van der Waals surface area contributed by atoms with Crippen molar-refractivity contribution < 1.29 is 9.90 Å². The van der Waals surface area contributed by atoms with Gasteiger partial charge in [0.05, 0.1) is 9.90 Å². The molecule has 0 saturated carbocycles. The van der Waals surface area contributed by atoms with Crippen LogP contribution in [-0.4, -0.2) is 31.3 Å². The Balaban J connectivity index is 2.41. The van der Waals surface area contributed by atoms with Crippen LogP contribution < -0.4 is 0 Å². The zero-order valence-electron chi connectivity index (χ0n) is 7.29. The van der Waals surface area contributed by atoms with E-state index >= 15 is 0 Å². The van der Waals surface area contributed by atoms with Crippen LogP contribution in [0.4, 0.5) is 0 Å². The summed E-state index contributed by atoms with van der Waals surface area (Å²) in [6.07, 6.45) is 0. The molecule has 78 valence electrons. The average molecular weight is 245 g/mol. The molecule has 2 aromatic rings. The van der Waals surface area contributed by atoms with Gasteiger partial charge in [0.15, 0.2) is 5.82 Å². The highest BCUT2D eigenvalue weighted by Gasteiger charge is 2.15. The van der Waals surface area contributed by atoms with Gasteiger partial charge in [0.25, 0.3) is 0 Å². The SMILES string of the molecule is O=C(O)Cn1nnnc1-c1sccc1Cl. The van der Waals surface area contributed by atoms with E-state index in [-0.39, 0.29) is 6.54 Å². The van der Waals surface area contributed by atoms with Crippen molar-refractivity contribution in [2.24, 2.45) is 0 Å². The molecule has 6 nitrogen and oxygen atoms in total. The van der Waals surface area contributed by atoms with Gasteiger partial charge in [-0.3, -0.25) is 4.79 Å². The van der Waals surface area contributed by atoms with Crippen LogP contribution in [0.5, 0.6) is 0 Å². The molecule has 2 heterocycles. The van der Waals surface area contributed by atoms with Crippen LogP contribution in [0.1, 0.15) is 0 Å². The Morgan fingerprint density at radius 2 is 2.47 bits per heavy atom. The number of aliphatic carboxylic acids is 1. The highest BCUT2D eigenvalue weighted by molar-refractivity contribution is 7.14. The molecule has 15 heavy (non-hydrogen) atoms. The van der Waals surface area contributed by atoms with E-state index in [4.69, 9.17) is 16.7 Å². The van der Waals surface area contributed by atoms with Crippen LogP contribution in [-0.2, 0) is 11.3 Å². The maximum Gasteiger partial charge on any atom is 0.325 e. The minimum Gasteiger partial charge on any atom is -0.480 e. The normalized spacial score (nSPS) is 10.5. The summed E-state index contributed by atoms with van der Waals surface area (Å²) in [6.45, 7) is -0.281. The fraction of sp³-hybridized carbons (Fsp3) is 0.143. The summed E-state index contributed by atoms with van der Waals surface area (Å²) in [4.78, 5) is 11.2. The van der Waals surface area contributed by atoms with E-state index in [1.54, 1.807) is 11.4 Å². The van der Waals surface area contributed by atoms with Crippen molar-refractivity contribution in [2.75, 3.05) is 0 Å². The van der Waals surface area contributed by atoms with Gasteiger partial charge >= 0.3 is 5.97 Å². The van der Waals surface area contributed by atoms with E-state index in [1.165, 1.54) is 16.0 Å². The lowest BCUT2D eigenvalue weighted by Crippen LogP contribution is -2.11. The number of halogens is 1. The Hall–Kier alpha value is -1.47. The lowest BCUT2D eigenvalue weighted by atomic mass is 10.4. The number of rotatable bonds is 3. The maximum absolute atomic E-state index is 10.5. The Kier molecular flexibility index (Phi) is 2.65. The molecule has 0 bridgehead atoms. The number of tetrazole rings is 1. The molecule has 0 amide bonds. The first-order valence-electron chi connectivity index (χ1n) is 3.90. The first-order valence-corrected chi connectivity index (χ1v) is 5.15. The Morgan fingerprint density at radius 3 is 3.07 bits per heavy atom. The third-order valence-electron chi connectivity index (χ3n) is 1.64. The van der Waals surface area contributed by atoms with Gasteiger partial charge in [0, 0.05) is 0 Å². The van der Waals surface area contributed by atoms with Crippen molar-refractivity contribution in [1.82, 2.24) is 20.2 Å². The van der Waals surface area contributed by atoms with Gasteiger partial charge in [-0.25, -0.2) is 4.68 Å². The number of carbonyl (C=O) groups is 1. The molecule has 2 rings (SSSR count). The van der Waals surface area contributed by atoms with Crippen LogP contribution in [0, 0.1) is 0 Å². The minimum atomic E-state index is -1.00. The molecule has 8 heteroatoms. The van der Waals surface area contributed by atoms with Gasteiger partial charge in [-0.1, -0.05) is 11.6 Å². The predicted molar refractivity (Wildman–Crippen MR) is 53.8 cm³/mol. The molecular formula is C7H5ClN4O2S. The largest absolute Gasteiger partial charge is 0.480 e. The van der Waals surface area contributed by atoms with Gasteiger partial charge in [-0.2, -0.15) is 0 Å². The lowest BCUT2D eigenvalue weighted by Gasteiger charge is -1.98. The molecule has 2 aromatic heterocycles. The minimum absolute atomic E-state index is 0.281. The third kappa shape index (κ3) is 1.97. The van der Waals surface area contributed by atoms with Crippen molar-refractivity contribution >= 4 is 28.9 Å². The summed E-state index contributed by atoms with van der Waals surface area (Å²) in [5.41, 5.74) is 0. The van der Waals surface area contributed by atoms with Crippen molar-refractivity contribution in [1.29, 1.82) is 0 Å². The molecule has 0 spiro atoms. The number of carboxylic acid groups (broad SMARTS) is 1. The van der Waals surface area contributed by atoms with Crippen LogP contribution >= 0.6 is 22.9 Å². The number of carboxylic acids is 1. The van der Waals surface area contributed by atoms with Gasteiger partial charge in [0.1, 0.15) is 6.54 Å². The van der Waals surface area contributed by atoms with Gasteiger partial charge < -0.3 is 5.11 Å². The second kappa shape index (κ2) is 3.95. The van der Waals surface area contributed by atoms with E-state index in [0.717, 1.165) is 0 Å². The molecule has 1 N–H and O–H groups in total. The van der Waals surface area contributed by atoms with Crippen molar-refractivity contribution in [3.8, 4) is 10.7 Å². The summed E-state index contributed by atoms with van der Waals surface area (Å²) in [6, 6.07) is 1.71. The predicted octanol–water partition coefficient (Wildman–Crippen LogP) is 1.14. The maximum atomic E-state index is 10.5. The van der Waals surface area contributed by atoms with E-state index < -0.39 is 5.97 Å². The summed E-state index contributed by atoms with van der Waals surface area (Å²) in [7, 11) is 0. The first kappa shape index (κ1) is 10.1. The number of aromatic nitrogens is 4. The van der Waals surface area contributed by atoms with Crippen molar-refractivity contribution in [3.05, 3.63) is 16.5 Å². The molecule has 0 atom stereocenters. The van der Waals surface area contributed by atoms with Gasteiger partial charge in [-0.05, 0) is 21.9 Å². The molecule has 0 saturated heterocycles. The Labute approximate surface area is 93.1 Å². The average Bonchev–Trinajstić information content (AvgIpc) is 2.73. The van der Waals surface area contributed by atoms with Crippen molar-refractivity contribution in [3.63, 3.8) is 0 Å². The monoisotopic (exact) mass is 244 g/mol. The number of hydrogen-bond donors (Lipinski definition) is 1.